The van der Waals surface area contributed by atoms with Crippen LogP contribution in [0.3, 0.4) is 0 Å². The van der Waals surface area contributed by atoms with Gasteiger partial charge in [0.25, 0.3) is 5.56 Å². The zero-order valence-electron chi connectivity index (χ0n) is 17.7. The molecule has 0 bridgehead atoms. The minimum Gasteiger partial charge on any atom is -0.277 e. The minimum absolute atomic E-state index is 0.0847. The van der Waals surface area contributed by atoms with Crippen molar-refractivity contribution in [3.05, 3.63) is 73.3 Å². The molecule has 1 aromatic rings. The number of sulfonamides is 1. The van der Waals surface area contributed by atoms with E-state index in [1.54, 1.807) is 6.07 Å². The van der Waals surface area contributed by atoms with Crippen molar-refractivity contribution in [1.29, 1.82) is 0 Å². The maximum Gasteiger partial charge on any atom is 0.258 e. The first-order chi connectivity index (χ1) is 13.5. The van der Waals surface area contributed by atoms with Crippen LogP contribution in [-0.4, -0.2) is 19.8 Å². The molecule has 1 aliphatic rings. The van der Waals surface area contributed by atoms with Gasteiger partial charge in [0.2, 0.25) is 10.0 Å². The average molecular weight is 435 g/mol. The topological polar surface area (TPSA) is 79.0 Å². The minimum atomic E-state index is -3.43. The molecule has 0 aromatic carbocycles. The monoisotopic (exact) mass is 434 g/mol. The van der Waals surface area contributed by atoms with Crippen LogP contribution >= 0.6 is 11.5 Å². The van der Waals surface area contributed by atoms with Crippen LogP contribution in [0.15, 0.2) is 62.9 Å². The second-order valence-corrected chi connectivity index (χ2v) is 10.7. The Labute approximate surface area is 177 Å². The molecule has 29 heavy (non-hydrogen) atoms. The second kappa shape index (κ2) is 9.69. The van der Waals surface area contributed by atoms with Crippen LogP contribution in [0.5, 0.6) is 0 Å². The van der Waals surface area contributed by atoms with Gasteiger partial charge in [-0.05, 0) is 62.8 Å². The van der Waals surface area contributed by atoms with Crippen LogP contribution in [0.25, 0.3) is 6.08 Å². The van der Waals surface area contributed by atoms with Crippen LogP contribution < -0.4 is 10.3 Å². The van der Waals surface area contributed by atoms with Gasteiger partial charge in [0, 0.05) is 10.9 Å². The average Bonchev–Trinajstić information content (AvgIpc) is 3.04. The summed E-state index contributed by atoms with van der Waals surface area (Å²) in [6, 6.07) is 1.57. The smallest absolute Gasteiger partial charge is 0.258 e. The normalized spacial score (nSPS) is 18.9. The molecule has 5 nitrogen and oxygen atoms in total. The zero-order chi connectivity index (χ0) is 21.7. The van der Waals surface area contributed by atoms with Gasteiger partial charge < -0.3 is 0 Å². The third kappa shape index (κ3) is 6.52. The van der Waals surface area contributed by atoms with Crippen LogP contribution in [-0.2, 0) is 10.0 Å². The van der Waals surface area contributed by atoms with Crippen molar-refractivity contribution in [2.24, 2.45) is 5.41 Å². The third-order valence-electron chi connectivity index (χ3n) is 4.97. The Morgan fingerprint density at radius 2 is 1.97 bits per heavy atom. The molecule has 2 rings (SSSR count). The number of aromatic nitrogens is 1. The van der Waals surface area contributed by atoms with Gasteiger partial charge in [-0.25, -0.2) is 13.1 Å². The Hall–Kier alpha value is -1.96. The summed E-state index contributed by atoms with van der Waals surface area (Å²) in [5.41, 5.74) is 2.68. The highest BCUT2D eigenvalue weighted by molar-refractivity contribution is 7.93. The number of aromatic amines is 1. The first-order valence-electron chi connectivity index (χ1n) is 9.62. The molecule has 0 aliphatic heterocycles. The van der Waals surface area contributed by atoms with Crippen molar-refractivity contribution in [2.75, 3.05) is 7.05 Å². The Bertz CT molecular complexity index is 1050. The van der Waals surface area contributed by atoms with E-state index in [-0.39, 0.29) is 11.0 Å². The quantitative estimate of drug-likeness (QED) is 0.598. The number of hydrogen-bond acceptors (Lipinski definition) is 4. The van der Waals surface area contributed by atoms with E-state index < -0.39 is 10.0 Å². The number of H-pyrrole nitrogens is 1. The van der Waals surface area contributed by atoms with Crippen molar-refractivity contribution >= 4 is 27.6 Å². The lowest BCUT2D eigenvalue weighted by atomic mass is 9.75. The molecule has 0 radical (unpaired) electrons. The van der Waals surface area contributed by atoms with Gasteiger partial charge in [0.05, 0.1) is 4.91 Å². The summed E-state index contributed by atoms with van der Waals surface area (Å²) in [4.78, 5) is 12.6. The Kier molecular flexibility index (Phi) is 7.80. The van der Waals surface area contributed by atoms with E-state index in [0.29, 0.717) is 11.3 Å². The summed E-state index contributed by atoms with van der Waals surface area (Å²) in [6.07, 6.45) is 14.2. The van der Waals surface area contributed by atoms with Crippen LogP contribution in [0.1, 0.15) is 51.8 Å². The zero-order valence-corrected chi connectivity index (χ0v) is 19.3. The maximum atomic E-state index is 12.4. The van der Waals surface area contributed by atoms with Crippen molar-refractivity contribution in [1.82, 2.24) is 9.10 Å². The van der Waals surface area contributed by atoms with Gasteiger partial charge >= 0.3 is 0 Å². The first kappa shape index (κ1) is 23.3. The first-order valence-corrected chi connectivity index (χ1v) is 11.9. The summed E-state index contributed by atoms with van der Waals surface area (Å²) < 4.78 is 30.0. The lowest BCUT2D eigenvalue weighted by Gasteiger charge is -2.33. The molecule has 158 valence electrons. The summed E-state index contributed by atoms with van der Waals surface area (Å²) in [6.45, 7) is 8.16. The van der Waals surface area contributed by atoms with E-state index in [9.17, 15) is 13.2 Å². The Morgan fingerprint density at radius 3 is 2.59 bits per heavy atom. The molecule has 1 aliphatic carbocycles. The SMILES string of the molecule is CNS(=O)(=O)C1=C(/C=C/C(C)=C/C=C/C(C)=C/c2cc(=O)[nH]s2)C(C)(C)CCC1. The highest BCUT2D eigenvalue weighted by Crippen LogP contribution is 2.42. The van der Waals surface area contributed by atoms with E-state index >= 15 is 0 Å². The summed E-state index contributed by atoms with van der Waals surface area (Å²) in [7, 11) is -1.97. The molecule has 0 unspecified atom stereocenters. The third-order valence-corrected chi connectivity index (χ3v) is 7.36. The molecular weight excluding hydrogens is 404 g/mol. The fraction of sp³-hybridized carbons (Fsp3) is 0.409. The van der Waals surface area contributed by atoms with Gasteiger partial charge in [0.1, 0.15) is 0 Å². The molecule has 0 saturated heterocycles. The standard InChI is InChI=1S/C22H30N2O3S2/c1-16(8-6-9-17(2)14-18-15-21(25)24-28-18)11-12-19-20(29(26,27)23-5)10-7-13-22(19,3)4/h6,8-9,11-12,14-15,23H,7,10,13H2,1-5H3,(H,24,25)/b9-6+,12-11+,16-8+,17-14+. The second-order valence-electron chi connectivity index (χ2n) is 7.89. The fourth-order valence-corrected chi connectivity index (χ4v) is 5.30. The molecule has 1 aromatic heterocycles. The lowest BCUT2D eigenvalue weighted by molar-refractivity contribution is 0.381. The van der Waals surface area contributed by atoms with E-state index in [1.165, 1.54) is 18.6 Å². The maximum absolute atomic E-state index is 12.4. The summed E-state index contributed by atoms with van der Waals surface area (Å²) >= 11 is 1.31. The predicted octanol–water partition coefficient (Wildman–Crippen LogP) is 4.91. The van der Waals surface area contributed by atoms with Gasteiger partial charge in [-0.3, -0.25) is 9.17 Å². The summed E-state index contributed by atoms with van der Waals surface area (Å²) in [5.74, 6) is 0. The molecular formula is C22H30N2O3S2. The van der Waals surface area contributed by atoms with E-state index in [0.717, 1.165) is 34.4 Å². The molecule has 0 atom stereocenters. The molecule has 0 saturated carbocycles. The number of hydrogen-bond donors (Lipinski definition) is 2. The van der Waals surface area contributed by atoms with Gasteiger partial charge in [-0.1, -0.05) is 61.3 Å². The van der Waals surface area contributed by atoms with E-state index in [4.69, 9.17) is 0 Å². The van der Waals surface area contributed by atoms with Crippen molar-refractivity contribution in [2.45, 2.75) is 47.0 Å². The highest BCUT2D eigenvalue weighted by atomic mass is 32.2. The lowest BCUT2D eigenvalue weighted by Crippen LogP contribution is -2.28. The van der Waals surface area contributed by atoms with Gasteiger partial charge in [-0.15, -0.1) is 0 Å². The molecule has 1 heterocycles. The van der Waals surface area contributed by atoms with Gasteiger partial charge in [-0.2, -0.15) is 0 Å². The Balaban J connectivity index is 2.21. The van der Waals surface area contributed by atoms with Crippen LogP contribution in [0.2, 0.25) is 0 Å². The van der Waals surface area contributed by atoms with Crippen molar-refractivity contribution in [3.63, 3.8) is 0 Å². The largest absolute Gasteiger partial charge is 0.277 e. The van der Waals surface area contributed by atoms with E-state index in [2.05, 4.69) is 22.9 Å². The number of nitrogens with one attached hydrogen (secondary N) is 2. The molecule has 0 spiro atoms. The van der Waals surface area contributed by atoms with Crippen molar-refractivity contribution < 1.29 is 8.42 Å². The highest BCUT2D eigenvalue weighted by Gasteiger charge is 2.33. The number of rotatable bonds is 7. The molecule has 2 N–H and O–H groups in total. The predicted molar refractivity (Wildman–Crippen MR) is 123 cm³/mol. The van der Waals surface area contributed by atoms with Crippen molar-refractivity contribution in [3.8, 4) is 0 Å². The molecule has 0 fully saturated rings. The Morgan fingerprint density at radius 1 is 1.24 bits per heavy atom. The molecule has 7 heteroatoms. The fourth-order valence-electron chi connectivity index (χ4n) is 3.32. The van der Waals surface area contributed by atoms with Gasteiger partial charge in [0.15, 0.2) is 0 Å². The summed E-state index contributed by atoms with van der Waals surface area (Å²) in [5, 5.41) is 0. The van der Waals surface area contributed by atoms with Crippen LogP contribution in [0, 0.1) is 5.41 Å². The van der Waals surface area contributed by atoms with E-state index in [1.807, 2.05) is 50.3 Å². The number of allylic oxidation sites excluding steroid dienone is 9. The van der Waals surface area contributed by atoms with Crippen LogP contribution in [0.4, 0.5) is 0 Å². The molecule has 0 amide bonds.